The second-order valence-electron chi connectivity index (χ2n) is 4.10. The van der Waals surface area contributed by atoms with Crippen molar-refractivity contribution in [3.05, 3.63) is 51.0 Å². The van der Waals surface area contributed by atoms with Gasteiger partial charge in [-0.15, -0.1) is 0 Å². The lowest BCUT2D eigenvalue weighted by atomic mass is 10.2. The summed E-state index contributed by atoms with van der Waals surface area (Å²) >= 11 is 3.21. The van der Waals surface area contributed by atoms with Gasteiger partial charge < -0.3 is 0 Å². The maximum atomic E-state index is 13.7. The van der Waals surface area contributed by atoms with Crippen LogP contribution in [0.2, 0.25) is 0 Å². The van der Waals surface area contributed by atoms with Crippen molar-refractivity contribution in [3.63, 3.8) is 0 Å². The van der Waals surface area contributed by atoms with Crippen LogP contribution in [0, 0.1) is 19.7 Å². The first-order chi connectivity index (χ1) is 8.52. The lowest BCUT2D eigenvalue weighted by Gasteiger charge is -2.06. The maximum absolute atomic E-state index is 13.7. The number of aldehydes is 1. The molecule has 0 amide bonds. The highest BCUT2D eigenvalue weighted by atomic mass is 79.9. The van der Waals surface area contributed by atoms with E-state index in [0.29, 0.717) is 27.8 Å². The van der Waals surface area contributed by atoms with Crippen molar-refractivity contribution >= 4 is 22.2 Å². The highest BCUT2D eigenvalue weighted by molar-refractivity contribution is 9.10. The first-order valence-corrected chi connectivity index (χ1v) is 6.25. The Bertz CT molecular complexity index is 607. The number of hydrogen-bond donors (Lipinski definition) is 0. The molecule has 1 aromatic carbocycles. The fourth-order valence-electron chi connectivity index (χ4n) is 1.85. The Kier molecular flexibility index (Phi) is 3.61. The molecule has 0 fully saturated rings. The number of aromatic nitrogens is 2. The lowest BCUT2D eigenvalue weighted by Crippen LogP contribution is -2.06. The van der Waals surface area contributed by atoms with Crippen molar-refractivity contribution in [2.24, 2.45) is 0 Å². The number of halogens is 2. The van der Waals surface area contributed by atoms with E-state index >= 15 is 0 Å². The molecule has 5 heteroatoms. The van der Waals surface area contributed by atoms with Crippen molar-refractivity contribution in [1.82, 2.24) is 9.78 Å². The van der Waals surface area contributed by atoms with Crippen molar-refractivity contribution in [1.29, 1.82) is 0 Å². The molecule has 0 N–H and O–H groups in total. The summed E-state index contributed by atoms with van der Waals surface area (Å²) < 4.78 is 16.1. The molecule has 0 aliphatic heterocycles. The number of rotatable bonds is 3. The molecule has 0 spiro atoms. The molecule has 0 saturated carbocycles. The number of aryl methyl sites for hydroxylation is 1. The molecule has 94 valence electrons. The summed E-state index contributed by atoms with van der Waals surface area (Å²) in [6.45, 7) is 3.89. The maximum Gasteiger partial charge on any atom is 0.153 e. The van der Waals surface area contributed by atoms with Gasteiger partial charge in [0, 0.05) is 15.7 Å². The Labute approximate surface area is 113 Å². The minimum absolute atomic E-state index is 0.287. The van der Waals surface area contributed by atoms with Crippen LogP contribution in [0.3, 0.4) is 0 Å². The number of carbonyl (C=O) groups excluding carboxylic acids is 1. The molecule has 1 heterocycles. The largest absolute Gasteiger partial charge is 0.298 e. The van der Waals surface area contributed by atoms with Crippen LogP contribution < -0.4 is 0 Å². The van der Waals surface area contributed by atoms with E-state index in [9.17, 15) is 9.18 Å². The van der Waals surface area contributed by atoms with E-state index in [4.69, 9.17) is 0 Å². The molecule has 3 nitrogen and oxygen atoms in total. The zero-order valence-electron chi connectivity index (χ0n) is 10.1. The van der Waals surface area contributed by atoms with Gasteiger partial charge in [0.2, 0.25) is 0 Å². The minimum atomic E-state index is -0.287. The zero-order valence-corrected chi connectivity index (χ0v) is 11.7. The summed E-state index contributed by atoms with van der Waals surface area (Å²) in [5, 5.41) is 4.25. The topological polar surface area (TPSA) is 34.9 Å². The van der Waals surface area contributed by atoms with Gasteiger partial charge in [-0.25, -0.2) is 4.39 Å². The van der Waals surface area contributed by atoms with E-state index in [2.05, 4.69) is 21.0 Å². The van der Waals surface area contributed by atoms with Crippen LogP contribution in [0.15, 0.2) is 22.7 Å². The van der Waals surface area contributed by atoms with E-state index in [1.165, 1.54) is 6.07 Å². The highest BCUT2D eigenvalue weighted by Gasteiger charge is 2.12. The van der Waals surface area contributed by atoms with Crippen LogP contribution in [-0.2, 0) is 6.54 Å². The van der Waals surface area contributed by atoms with E-state index < -0.39 is 0 Å². The van der Waals surface area contributed by atoms with Crippen molar-refractivity contribution in [2.75, 3.05) is 0 Å². The summed E-state index contributed by atoms with van der Waals surface area (Å²) in [4.78, 5) is 10.9. The number of hydrogen-bond acceptors (Lipinski definition) is 2. The number of nitrogens with zero attached hydrogens (tertiary/aromatic N) is 2. The summed E-state index contributed by atoms with van der Waals surface area (Å²) in [6, 6.07) is 4.91. The molecule has 0 atom stereocenters. The Balaban J connectivity index is 2.37. The average Bonchev–Trinajstić information content (AvgIpc) is 2.58. The number of carbonyl (C=O) groups is 1. The SMILES string of the molecule is Cc1nn(Cc2ccc(Br)cc2F)c(C)c1C=O. The molecule has 1 aromatic heterocycles. The monoisotopic (exact) mass is 310 g/mol. The van der Waals surface area contributed by atoms with E-state index in [1.54, 1.807) is 30.7 Å². The van der Waals surface area contributed by atoms with E-state index in [0.717, 1.165) is 12.0 Å². The molecule has 0 saturated heterocycles. The average molecular weight is 311 g/mol. The Hall–Kier alpha value is -1.49. The van der Waals surface area contributed by atoms with Gasteiger partial charge in [0.25, 0.3) is 0 Å². The molecule has 0 radical (unpaired) electrons. The molecule has 0 aliphatic rings. The molecule has 0 unspecified atom stereocenters. The molecule has 0 bridgehead atoms. The predicted octanol–water partition coefficient (Wildman–Crippen LogP) is 3.26. The van der Waals surface area contributed by atoms with Crippen LogP contribution in [0.1, 0.15) is 27.3 Å². The summed E-state index contributed by atoms with van der Waals surface area (Å²) in [6.07, 6.45) is 0.784. The minimum Gasteiger partial charge on any atom is -0.298 e. The first kappa shape index (κ1) is 13.0. The summed E-state index contributed by atoms with van der Waals surface area (Å²) in [5.74, 6) is -0.287. The van der Waals surface area contributed by atoms with Gasteiger partial charge in [0.05, 0.1) is 17.8 Å². The Morgan fingerprint density at radius 1 is 1.44 bits per heavy atom. The van der Waals surface area contributed by atoms with Crippen molar-refractivity contribution < 1.29 is 9.18 Å². The second kappa shape index (κ2) is 5.02. The molecule has 2 rings (SSSR count). The van der Waals surface area contributed by atoms with Gasteiger partial charge in [0.1, 0.15) is 5.82 Å². The smallest absolute Gasteiger partial charge is 0.153 e. The van der Waals surface area contributed by atoms with Crippen LogP contribution >= 0.6 is 15.9 Å². The third-order valence-electron chi connectivity index (χ3n) is 2.89. The normalized spacial score (nSPS) is 10.7. The van der Waals surface area contributed by atoms with Crippen LogP contribution in [0.5, 0.6) is 0 Å². The van der Waals surface area contributed by atoms with Crippen molar-refractivity contribution in [3.8, 4) is 0 Å². The molecular formula is C13H12BrFN2O. The van der Waals surface area contributed by atoms with Gasteiger partial charge in [0.15, 0.2) is 6.29 Å². The zero-order chi connectivity index (χ0) is 13.3. The van der Waals surface area contributed by atoms with Gasteiger partial charge in [-0.3, -0.25) is 9.48 Å². The van der Waals surface area contributed by atoms with E-state index in [-0.39, 0.29) is 5.82 Å². The Morgan fingerprint density at radius 2 is 2.17 bits per heavy atom. The number of benzene rings is 1. The van der Waals surface area contributed by atoms with E-state index in [1.807, 2.05) is 0 Å². The van der Waals surface area contributed by atoms with Gasteiger partial charge in [-0.1, -0.05) is 22.0 Å². The lowest BCUT2D eigenvalue weighted by molar-refractivity contribution is 0.112. The summed E-state index contributed by atoms with van der Waals surface area (Å²) in [5.41, 5.74) is 2.54. The predicted molar refractivity (Wildman–Crippen MR) is 70.3 cm³/mol. The van der Waals surface area contributed by atoms with Gasteiger partial charge in [-0.05, 0) is 26.0 Å². The molecular weight excluding hydrogens is 299 g/mol. The molecule has 2 aromatic rings. The summed E-state index contributed by atoms with van der Waals surface area (Å²) in [7, 11) is 0. The first-order valence-electron chi connectivity index (χ1n) is 5.46. The second-order valence-corrected chi connectivity index (χ2v) is 5.01. The van der Waals surface area contributed by atoms with Gasteiger partial charge in [-0.2, -0.15) is 5.10 Å². The third kappa shape index (κ3) is 2.36. The van der Waals surface area contributed by atoms with Crippen LogP contribution in [-0.4, -0.2) is 16.1 Å². The Morgan fingerprint density at radius 3 is 2.72 bits per heavy atom. The van der Waals surface area contributed by atoms with Crippen LogP contribution in [0.4, 0.5) is 4.39 Å². The fraction of sp³-hybridized carbons (Fsp3) is 0.231. The fourth-order valence-corrected chi connectivity index (χ4v) is 2.18. The molecule has 18 heavy (non-hydrogen) atoms. The third-order valence-corrected chi connectivity index (χ3v) is 3.38. The highest BCUT2D eigenvalue weighted by Crippen LogP contribution is 2.18. The van der Waals surface area contributed by atoms with Crippen LogP contribution in [0.25, 0.3) is 0 Å². The van der Waals surface area contributed by atoms with Gasteiger partial charge >= 0.3 is 0 Å². The molecule has 0 aliphatic carbocycles. The van der Waals surface area contributed by atoms with Crippen molar-refractivity contribution in [2.45, 2.75) is 20.4 Å². The standard InChI is InChI=1S/C13H12BrFN2O/c1-8-12(7-18)9(2)17(16-8)6-10-3-4-11(14)5-13(10)15/h3-5,7H,6H2,1-2H3. The quantitative estimate of drug-likeness (QED) is 0.816.